The fraction of sp³-hybridized carbons (Fsp3) is 0.300. The van der Waals surface area contributed by atoms with Crippen LogP contribution in [0.1, 0.15) is 24.5 Å². The van der Waals surface area contributed by atoms with Crippen LogP contribution in [-0.2, 0) is 22.2 Å². The van der Waals surface area contributed by atoms with E-state index in [2.05, 4.69) is 5.32 Å². The smallest absolute Gasteiger partial charge is 0.416 e. The van der Waals surface area contributed by atoms with Crippen molar-refractivity contribution >= 4 is 40.5 Å². The molecule has 1 N–H and O–H groups in total. The number of methoxy groups -OCH3 is 2. The van der Waals surface area contributed by atoms with Gasteiger partial charge in [0.05, 0.1) is 38.5 Å². The van der Waals surface area contributed by atoms with Crippen LogP contribution in [0.4, 0.5) is 24.5 Å². The van der Waals surface area contributed by atoms with Crippen LogP contribution < -0.4 is 24.4 Å². The number of carbonyl (C=O) groups is 2. The van der Waals surface area contributed by atoms with Gasteiger partial charge in [-0.3, -0.25) is 14.5 Å². The number of nitrogens with zero attached hydrogens (tertiary/aromatic N) is 2. The van der Waals surface area contributed by atoms with Crippen LogP contribution in [0.2, 0.25) is 0 Å². The fourth-order valence-corrected chi connectivity index (χ4v) is 5.03. The molecule has 2 amide bonds. The number of hydrogen-bond donors (Lipinski definition) is 1. The van der Waals surface area contributed by atoms with Gasteiger partial charge in [0.15, 0.2) is 16.6 Å². The number of rotatable bonds is 11. The summed E-state index contributed by atoms with van der Waals surface area (Å²) in [6, 6.07) is 15.5. The Morgan fingerprint density at radius 2 is 1.71 bits per heavy atom. The van der Waals surface area contributed by atoms with E-state index in [1.54, 1.807) is 41.3 Å². The van der Waals surface area contributed by atoms with Crippen molar-refractivity contribution in [1.29, 1.82) is 0 Å². The topological polar surface area (TPSA) is 80.3 Å². The Balaban J connectivity index is 1.59. The van der Waals surface area contributed by atoms with Crippen LogP contribution in [-0.4, -0.2) is 55.2 Å². The lowest BCUT2D eigenvalue weighted by Gasteiger charge is -2.24. The third kappa shape index (κ3) is 6.93. The van der Waals surface area contributed by atoms with E-state index < -0.39 is 29.6 Å². The van der Waals surface area contributed by atoms with Gasteiger partial charge in [-0.15, -0.1) is 0 Å². The molecule has 0 radical (unpaired) electrons. The van der Waals surface area contributed by atoms with E-state index in [4.69, 9.17) is 26.4 Å². The molecular weight excluding hydrogens is 571 g/mol. The lowest BCUT2D eigenvalue weighted by Crippen LogP contribution is -2.39. The highest BCUT2D eigenvalue weighted by Gasteiger charge is 2.44. The Hall–Kier alpha value is -4.32. The van der Waals surface area contributed by atoms with E-state index in [0.29, 0.717) is 36.0 Å². The first kappa shape index (κ1) is 30.6. The Labute approximate surface area is 247 Å². The molecule has 0 bridgehead atoms. The molecule has 1 aliphatic rings. The van der Waals surface area contributed by atoms with Gasteiger partial charge in [0.2, 0.25) is 5.91 Å². The van der Waals surface area contributed by atoms with Crippen molar-refractivity contribution in [3.8, 4) is 17.2 Å². The lowest BCUT2D eigenvalue weighted by atomic mass is 10.1. The van der Waals surface area contributed by atoms with Crippen LogP contribution in [0.25, 0.3) is 0 Å². The number of benzene rings is 3. The van der Waals surface area contributed by atoms with Crippen LogP contribution >= 0.6 is 12.2 Å². The number of halogens is 3. The van der Waals surface area contributed by atoms with Gasteiger partial charge in [0.25, 0.3) is 5.91 Å². The first-order valence-electron chi connectivity index (χ1n) is 13.1. The maximum absolute atomic E-state index is 13.7. The van der Waals surface area contributed by atoms with Gasteiger partial charge in [-0.05, 0) is 85.7 Å². The molecule has 8 nitrogen and oxygen atoms in total. The van der Waals surface area contributed by atoms with E-state index in [1.807, 2.05) is 13.0 Å². The Morgan fingerprint density at radius 1 is 1.00 bits per heavy atom. The minimum absolute atomic E-state index is 0.0127. The fourth-order valence-electron chi connectivity index (χ4n) is 4.62. The summed E-state index contributed by atoms with van der Waals surface area (Å²) in [4.78, 5) is 29.4. The minimum Gasteiger partial charge on any atom is -0.494 e. The van der Waals surface area contributed by atoms with Gasteiger partial charge in [0.1, 0.15) is 11.8 Å². The quantitative estimate of drug-likeness (QED) is 0.283. The SMILES string of the molecule is CCOc1ccc(NC(=O)CC2C(=O)N(c3cccc(C(F)(F)F)c3)C(=S)N2CCc2ccc(OC)c(OC)c2)cc1. The normalized spacial score (nSPS) is 15.1. The molecule has 12 heteroatoms. The number of amides is 2. The molecule has 1 heterocycles. The average Bonchev–Trinajstić information content (AvgIpc) is 3.20. The summed E-state index contributed by atoms with van der Waals surface area (Å²) < 4.78 is 56.4. The highest BCUT2D eigenvalue weighted by molar-refractivity contribution is 7.80. The van der Waals surface area contributed by atoms with Gasteiger partial charge >= 0.3 is 6.18 Å². The molecule has 1 saturated heterocycles. The van der Waals surface area contributed by atoms with Gasteiger partial charge < -0.3 is 24.4 Å². The zero-order valence-electron chi connectivity index (χ0n) is 23.2. The maximum Gasteiger partial charge on any atom is 0.416 e. The zero-order valence-corrected chi connectivity index (χ0v) is 24.1. The van der Waals surface area contributed by atoms with Crippen molar-refractivity contribution in [2.24, 2.45) is 0 Å². The molecule has 1 aliphatic heterocycles. The summed E-state index contributed by atoms with van der Waals surface area (Å²) in [7, 11) is 3.04. The Kier molecular flexibility index (Phi) is 9.56. The molecule has 1 fully saturated rings. The Morgan fingerprint density at radius 3 is 2.36 bits per heavy atom. The van der Waals surface area contributed by atoms with Gasteiger partial charge in [-0.2, -0.15) is 13.2 Å². The lowest BCUT2D eigenvalue weighted by molar-refractivity contribution is -0.137. The van der Waals surface area contributed by atoms with Crippen molar-refractivity contribution in [2.45, 2.75) is 32.0 Å². The summed E-state index contributed by atoms with van der Waals surface area (Å²) in [5, 5.41) is 2.78. The summed E-state index contributed by atoms with van der Waals surface area (Å²) in [5.41, 5.74) is 0.413. The number of thiocarbonyl (C=S) groups is 1. The summed E-state index contributed by atoms with van der Waals surface area (Å²) in [5.74, 6) is 0.667. The number of alkyl halides is 3. The zero-order chi connectivity index (χ0) is 30.4. The number of nitrogens with one attached hydrogen (secondary N) is 1. The third-order valence-electron chi connectivity index (χ3n) is 6.67. The van der Waals surface area contributed by atoms with Crippen LogP contribution in [0.15, 0.2) is 66.7 Å². The molecule has 0 aromatic heterocycles. The largest absolute Gasteiger partial charge is 0.494 e. The minimum atomic E-state index is -4.61. The summed E-state index contributed by atoms with van der Waals surface area (Å²) in [6.45, 7) is 2.58. The highest BCUT2D eigenvalue weighted by atomic mass is 32.1. The Bertz CT molecular complexity index is 1450. The molecule has 3 aromatic carbocycles. The third-order valence-corrected chi connectivity index (χ3v) is 7.08. The van der Waals surface area contributed by atoms with E-state index >= 15 is 0 Å². The molecule has 4 rings (SSSR count). The van der Waals surface area contributed by atoms with Gasteiger partial charge in [-0.25, -0.2) is 0 Å². The van der Waals surface area contributed by atoms with Crippen LogP contribution in [0.3, 0.4) is 0 Å². The number of carbonyl (C=O) groups excluding carboxylic acids is 2. The van der Waals surface area contributed by atoms with E-state index in [9.17, 15) is 22.8 Å². The van der Waals surface area contributed by atoms with Crippen molar-refractivity contribution in [3.05, 3.63) is 77.9 Å². The number of anilines is 2. The van der Waals surface area contributed by atoms with Crippen molar-refractivity contribution in [1.82, 2.24) is 4.90 Å². The molecular formula is C30H30F3N3O5S. The second-order valence-corrected chi connectivity index (χ2v) is 9.73. The first-order chi connectivity index (χ1) is 20.0. The molecule has 1 unspecified atom stereocenters. The standard InChI is InChI=1S/C30H30F3N3O5S/c1-4-41-23-11-9-21(10-12-23)34-27(37)18-24-28(38)36(22-7-5-6-20(17-22)30(31,32)33)29(42)35(24)15-14-19-8-13-25(39-2)26(16-19)40-3/h5-13,16-17,24H,4,14-15,18H2,1-3H3,(H,34,37). The maximum atomic E-state index is 13.7. The summed E-state index contributed by atoms with van der Waals surface area (Å²) >= 11 is 5.62. The van der Waals surface area contributed by atoms with E-state index in [0.717, 1.165) is 22.6 Å². The van der Waals surface area contributed by atoms with Crippen LogP contribution in [0.5, 0.6) is 17.2 Å². The van der Waals surface area contributed by atoms with Gasteiger partial charge in [0, 0.05) is 12.2 Å². The number of hydrogen-bond acceptors (Lipinski definition) is 6. The van der Waals surface area contributed by atoms with Gasteiger partial charge in [-0.1, -0.05) is 12.1 Å². The number of ether oxygens (including phenoxy) is 3. The summed E-state index contributed by atoms with van der Waals surface area (Å²) in [6.07, 6.45) is -4.47. The average molecular weight is 602 g/mol. The second-order valence-electron chi connectivity index (χ2n) is 9.36. The predicted molar refractivity (Wildman–Crippen MR) is 156 cm³/mol. The van der Waals surface area contributed by atoms with E-state index in [-0.39, 0.29) is 23.8 Å². The van der Waals surface area contributed by atoms with Crippen LogP contribution in [0, 0.1) is 0 Å². The highest BCUT2D eigenvalue weighted by Crippen LogP contribution is 2.35. The predicted octanol–water partition coefficient (Wildman–Crippen LogP) is 5.69. The molecule has 0 spiro atoms. The molecule has 42 heavy (non-hydrogen) atoms. The first-order valence-corrected chi connectivity index (χ1v) is 13.5. The van der Waals surface area contributed by atoms with E-state index in [1.165, 1.54) is 26.4 Å². The molecule has 0 aliphatic carbocycles. The van der Waals surface area contributed by atoms with Crippen molar-refractivity contribution in [3.63, 3.8) is 0 Å². The van der Waals surface area contributed by atoms with Crippen molar-refractivity contribution in [2.75, 3.05) is 37.6 Å². The molecule has 1 atom stereocenters. The van der Waals surface area contributed by atoms with Crippen molar-refractivity contribution < 1.29 is 37.0 Å². The molecule has 222 valence electrons. The molecule has 3 aromatic rings. The molecule has 0 saturated carbocycles. The second kappa shape index (κ2) is 13.1. The monoisotopic (exact) mass is 601 g/mol.